The lowest BCUT2D eigenvalue weighted by Crippen LogP contribution is -1.96. The quantitative estimate of drug-likeness (QED) is 0.775. The Bertz CT molecular complexity index is 541. The van der Waals surface area contributed by atoms with E-state index in [1.165, 1.54) is 0 Å². The van der Waals surface area contributed by atoms with Crippen molar-refractivity contribution in [2.45, 2.75) is 6.61 Å². The average Bonchev–Trinajstić information content (AvgIpc) is 2.39. The first-order valence-electron chi connectivity index (χ1n) is 5.22. The summed E-state index contributed by atoms with van der Waals surface area (Å²) in [5.74, 6) is 3.36. The van der Waals surface area contributed by atoms with E-state index >= 15 is 0 Å². The zero-order valence-corrected chi connectivity index (χ0v) is 10.8. The predicted molar refractivity (Wildman–Crippen MR) is 72.9 cm³/mol. The molecule has 0 aromatic heterocycles. The predicted octanol–water partition coefficient (Wildman–Crippen LogP) is 4.01. The van der Waals surface area contributed by atoms with Gasteiger partial charge in [0.15, 0.2) is 0 Å². The Hall–Kier alpha value is -1.72. The van der Waals surface area contributed by atoms with Crippen molar-refractivity contribution in [2.75, 3.05) is 0 Å². The summed E-state index contributed by atoms with van der Waals surface area (Å²) >= 11 is 3.44. The highest BCUT2D eigenvalue weighted by molar-refractivity contribution is 9.10. The van der Waals surface area contributed by atoms with Crippen LogP contribution in [0.4, 0.5) is 0 Å². The number of terminal acetylenes is 1. The van der Waals surface area contributed by atoms with Gasteiger partial charge in [-0.3, -0.25) is 0 Å². The van der Waals surface area contributed by atoms with Crippen LogP contribution in [-0.2, 0) is 6.61 Å². The highest BCUT2D eigenvalue weighted by atomic mass is 79.9. The standard InChI is InChI=1S/C15H11BrO/c1-2-12-8-9-14(16)15(10-12)17-11-13-6-4-3-5-7-13/h1,3-10H,11H2. The van der Waals surface area contributed by atoms with Gasteiger partial charge in [-0.2, -0.15) is 0 Å². The molecule has 2 heteroatoms. The van der Waals surface area contributed by atoms with E-state index < -0.39 is 0 Å². The maximum atomic E-state index is 5.72. The van der Waals surface area contributed by atoms with Gasteiger partial charge in [0.2, 0.25) is 0 Å². The third-order valence-corrected chi connectivity index (χ3v) is 2.99. The highest BCUT2D eigenvalue weighted by Crippen LogP contribution is 2.26. The van der Waals surface area contributed by atoms with Crippen LogP contribution in [0, 0.1) is 12.3 Å². The fraction of sp³-hybridized carbons (Fsp3) is 0.0667. The van der Waals surface area contributed by atoms with Gasteiger partial charge in [-0.25, -0.2) is 0 Å². The summed E-state index contributed by atoms with van der Waals surface area (Å²) < 4.78 is 6.63. The van der Waals surface area contributed by atoms with Gasteiger partial charge < -0.3 is 4.74 Å². The Morgan fingerprint density at radius 3 is 2.59 bits per heavy atom. The molecule has 0 aliphatic carbocycles. The van der Waals surface area contributed by atoms with Crippen LogP contribution in [0.3, 0.4) is 0 Å². The van der Waals surface area contributed by atoms with Gasteiger partial charge >= 0.3 is 0 Å². The monoisotopic (exact) mass is 286 g/mol. The number of halogens is 1. The molecule has 2 aromatic rings. The fourth-order valence-electron chi connectivity index (χ4n) is 1.44. The number of hydrogen-bond acceptors (Lipinski definition) is 1. The molecule has 0 unspecified atom stereocenters. The summed E-state index contributed by atoms with van der Waals surface area (Å²) in [6, 6.07) is 15.6. The van der Waals surface area contributed by atoms with Crippen molar-refractivity contribution in [3.05, 3.63) is 64.1 Å². The third-order valence-electron chi connectivity index (χ3n) is 2.34. The lowest BCUT2D eigenvalue weighted by molar-refractivity contribution is 0.304. The maximum absolute atomic E-state index is 5.72. The number of hydrogen-bond donors (Lipinski definition) is 0. The zero-order chi connectivity index (χ0) is 12.1. The average molecular weight is 287 g/mol. The smallest absolute Gasteiger partial charge is 0.135 e. The van der Waals surface area contributed by atoms with Crippen LogP contribution in [0.5, 0.6) is 5.75 Å². The van der Waals surface area contributed by atoms with Crippen LogP contribution in [0.15, 0.2) is 53.0 Å². The zero-order valence-electron chi connectivity index (χ0n) is 9.19. The second-order valence-corrected chi connectivity index (χ2v) is 4.42. The van der Waals surface area contributed by atoms with E-state index in [1.807, 2.05) is 48.5 Å². The first kappa shape index (κ1) is 11.8. The molecular weight excluding hydrogens is 276 g/mol. The van der Waals surface area contributed by atoms with Crippen molar-refractivity contribution in [3.8, 4) is 18.1 Å². The van der Waals surface area contributed by atoms with E-state index in [0.717, 1.165) is 21.3 Å². The van der Waals surface area contributed by atoms with Crippen LogP contribution in [0.1, 0.15) is 11.1 Å². The molecule has 1 nitrogen and oxygen atoms in total. The van der Waals surface area contributed by atoms with Gasteiger partial charge in [-0.05, 0) is 39.7 Å². The lowest BCUT2D eigenvalue weighted by atomic mass is 10.2. The lowest BCUT2D eigenvalue weighted by Gasteiger charge is -2.08. The largest absolute Gasteiger partial charge is 0.488 e. The van der Waals surface area contributed by atoms with Crippen LogP contribution in [0.2, 0.25) is 0 Å². The topological polar surface area (TPSA) is 9.23 Å². The molecule has 2 rings (SSSR count). The summed E-state index contributed by atoms with van der Waals surface area (Å²) in [5.41, 5.74) is 1.95. The number of rotatable bonds is 3. The van der Waals surface area contributed by atoms with E-state index in [0.29, 0.717) is 6.61 Å². The van der Waals surface area contributed by atoms with Crippen molar-refractivity contribution in [2.24, 2.45) is 0 Å². The van der Waals surface area contributed by atoms with Crippen molar-refractivity contribution >= 4 is 15.9 Å². The van der Waals surface area contributed by atoms with Crippen molar-refractivity contribution in [3.63, 3.8) is 0 Å². The second-order valence-electron chi connectivity index (χ2n) is 3.56. The maximum Gasteiger partial charge on any atom is 0.135 e. The van der Waals surface area contributed by atoms with Crippen molar-refractivity contribution < 1.29 is 4.74 Å². The first-order chi connectivity index (χ1) is 8.29. The molecule has 84 valence electrons. The molecule has 0 atom stereocenters. The van der Waals surface area contributed by atoms with Gasteiger partial charge in [-0.15, -0.1) is 6.42 Å². The summed E-state index contributed by atoms with van der Waals surface area (Å²) in [7, 11) is 0. The second kappa shape index (κ2) is 5.56. The highest BCUT2D eigenvalue weighted by Gasteiger charge is 2.02. The van der Waals surface area contributed by atoms with E-state index in [1.54, 1.807) is 0 Å². The fourth-order valence-corrected chi connectivity index (χ4v) is 1.80. The van der Waals surface area contributed by atoms with Gasteiger partial charge in [-0.1, -0.05) is 36.3 Å². The molecule has 0 saturated carbocycles. The Morgan fingerprint density at radius 2 is 1.88 bits per heavy atom. The molecular formula is C15H11BrO. The van der Waals surface area contributed by atoms with Gasteiger partial charge in [0.05, 0.1) is 4.47 Å². The van der Waals surface area contributed by atoms with Crippen LogP contribution in [0.25, 0.3) is 0 Å². The molecule has 0 amide bonds. The summed E-state index contributed by atoms with van der Waals surface area (Å²) in [5, 5.41) is 0. The molecule has 0 saturated heterocycles. The van der Waals surface area contributed by atoms with E-state index in [2.05, 4.69) is 21.9 Å². The first-order valence-corrected chi connectivity index (χ1v) is 6.02. The Labute approximate surface area is 110 Å². The Balaban J connectivity index is 2.12. The van der Waals surface area contributed by atoms with Crippen LogP contribution < -0.4 is 4.74 Å². The van der Waals surface area contributed by atoms with Gasteiger partial charge in [0.25, 0.3) is 0 Å². The molecule has 0 radical (unpaired) electrons. The molecule has 0 heterocycles. The summed E-state index contributed by atoms with van der Waals surface area (Å²) in [4.78, 5) is 0. The molecule has 0 N–H and O–H groups in total. The molecule has 17 heavy (non-hydrogen) atoms. The van der Waals surface area contributed by atoms with E-state index in [-0.39, 0.29) is 0 Å². The third kappa shape index (κ3) is 3.12. The summed E-state index contributed by atoms with van der Waals surface area (Å²) in [6.07, 6.45) is 5.36. The van der Waals surface area contributed by atoms with Gasteiger partial charge in [0, 0.05) is 5.56 Å². The number of benzene rings is 2. The van der Waals surface area contributed by atoms with Gasteiger partial charge in [0.1, 0.15) is 12.4 Å². The Morgan fingerprint density at radius 1 is 1.12 bits per heavy atom. The Kier molecular flexibility index (Phi) is 3.85. The minimum absolute atomic E-state index is 0.535. The van der Waals surface area contributed by atoms with E-state index in [9.17, 15) is 0 Å². The SMILES string of the molecule is C#Cc1ccc(Br)c(OCc2ccccc2)c1. The minimum atomic E-state index is 0.535. The molecule has 0 bridgehead atoms. The normalized spacial score (nSPS) is 9.65. The molecule has 0 aliphatic rings. The molecule has 0 spiro atoms. The summed E-state index contributed by atoms with van der Waals surface area (Å²) in [6.45, 7) is 0.535. The molecule has 0 aliphatic heterocycles. The molecule has 0 fully saturated rings. The number of ether oxygens (including phenoxy) is 1. The van der Waals surface area contributed by atoms with Crippen molar-refractivity contribution in [1.29, 1.82) is 0 Å². The van der Waals surface area contributed by atoms with Crippen molar-refractivity contribution in [1.82, 2.24) is 0 Å². The minimum Gasteiger partial charge on any atom is -0.488 e. The van der Waals surface area contributed by atoms with Crippen LogP contribution in [-0.4, -0.2) is 0 Å². The van der Waals surface area contributed by atoms with Crippen LogP contribution >= 0.6 is 15.9 Å². The van der Waals surface area contributed by atoms with E-state index in [4.69, 9.17) is 11.2 Å². The molecule has 2 aromatic carbocycles.